The summed E-state index contributed by atoms with van der Waals surface area (Å²) in [7, 11) is 0. The maximum Gasteiger partial charge on any atom is 0.0320 e. The van der Waals surface area contributed by atoms with Crippen LogP contribution in [0.5, 0.6) is 0 Å². The molecule has 0 fully saturated rings. The average Bonchev–Trinajstić information content (AvgIpc) is 2.08. The van der Waals surface area contributed by atoms with Gasteiger partial charge in [-0.05, 0) is 23.3 Å². The third-order valence-electron chi connectivity index (χ3n) is 2.00. The van der Waals surface area contributed by atoms with Crippen LogP contribution in [0.3, 0.4) is 0 Å². The number of allylic oxidation sites excluding steroid dienone is 4. The minimum Gasteiger partial charge on any atom is -0.399 e. The second kappa shape index (κ2) is 3.31. The lowest BCUT2D eigenvalue weighted by Crippen LogP contribution is -1.88. The number of nitrogen functional groups attached to an aromatic ring is 1. The molecule has 0 atom stereocenters. The van der Waals surface area contributed by atoms with Gasteiger partial charge in [0.15, 0.2) is 0 Å². The van der Waals surface area contributed by atoms with Gasteiger partial charge in [0, 0.05) is 5.69 Å². The van der Waals surface area contributed by atoms with Gasteiger partial charge < -0.3 is 5.73 Å². The molecule has 2 rings (SSSR count). The molecule has 0 saturated heterocycles. The molecule has 1 aliphatic carbocycles. The lowest BCUT2D eigenvalue weighted by Gasteiger charge is -2.03. The molecule has 1 nitrogen and oxygen atoms in total. The van der Waals surface area contributed by atoms with Gasteiger partial charge in [-0.2, -0.15) is 0 Å². The molecule has 64 valence electrons. The van der Waals surface area contributed by atoms with Crippen molar-refractivity contribution in [3.8, 4) is 0 Å². The van der Waals surface area contributed by atoms with Crippen molar-refractivity contribution in [2.24, 2.45) is 0 Å². The summed E-state index contributed by atoms with van der Waals surface area (Å²) >= 11 is 0. The van der Waals surface area contributed by atoms with E-state index in [1.54, 1.807) is 0 Å². The highest BCUT2D eigenvalue weighted by Crippen LogP contribution is 2.17. The van der Waals surface area contributed by atoms with Crippen LogP contribution >= 0.6 is 0 Å². The zero-order chi connectivity index (χ0) is 9.10. The highest BCUT2D eigenvalue weighted by molar-refractivity contribution is 5.70. The van der Waals surface area contributed by atoms with E-state index in [1.807, 2.05) is 42.5 Å². The first-order valence-electron chi connectivity index (χ1n) is 4.27. The summed E-state index contributed by atoms with van der Waals surface area (Å²) in [5.74, 6) is 0. The van der Waals surface area contributed by atoms with Crippen LogP contribution in [0.1, 0.15) is 11.1 Å². The lowest BCUT2D eigenvalue weighted by atomic mass is 10.0. The largest absolute Gasteiger partial charge is 0.399 e. The van der Waals surface area contributed by atoms with E-state index in [1.165, 1.54) is 11.1 Å². The molecule has 0 aromatic heterocycles. The molecule has 0 bridgehead atoms. The number of rotatable bonds is 0. The minimum atomic E-state index is 0.807. The number of benzene rings is 1. The molecular formula is C12H11N. The minimum absolute atomic E-state index is 0.807. The molecule has 0 saturated carbocycles. The average molecular weight is 169 g/mol. The van der Waals surface area contributed by atoms with Gasteiger partial charge in [0.05, 0.1) is 0 Å². The van der Waals surface area contributed by atoms with Crippen molar-refractivity contribution in [2.45, 2.75) is 0 Å². The predicted octanol–water partition coefficient (Wildman–Crippen LogP) is 2.87. The third kappa shape index (κ3) is 1.70. The molecule has 0 spiro atoms. The molecule has 0 aliphatic heterocycles. The Labute approximate surface area is 77.9 Å². The lowest BCUT2D eigenvalue weighted by molar-refractivity contribution is 1.59. The van der Waals surface area contributed by atoms with Crippen molar-refractivity contribution < 1.29 is 0 Å². The summed E-state index contributed by atoms with van der Waals surface area (Å²) < 4.78 is 0. The summed E-state index contributed by atoms with van der Waals surface area (Å²) in [4.78, 5) is 0. The maximum atomic E-state index is 5.70. The van der Waals surface area contributed by atoms with E-state index in [9.17, 15) is 0 Å². The Morgan fingerprint density at radius 3 is 2.23 bits per heavy atom. The van der Waals surface area contributed by atoms with Crippen LogP contribution in [-0.4, -0.2) is 0 Å². The van der Waals surface area contributed by atoms with Crippen LogP contribution < -0.4 is 5.73 Å². The molecule has 1 aromatic carbocycles. The Balaban J connectivity index is 2.56. The van der Waals surface area contributed by atoms with Crippen molar-refractivity contribution in [2.75, 3.05) is 5.73 Å². The molecule has 1 aromatic rings. The number of hydrogen-bond acceptors (Lipinski definition) is 1. The first-order chi connectivity index (χ1) is 6.36. The zero-order valence-electron chi connectivity index (χ0n) is 7.27. The second-order valence-electron chi connectivity index (χ2n) is 2.99. The quantitative estimate of drug-likeness (QED) is 0.594. The Kier molecular flexibility index (Phi) is 2.01. The van der Waals surface area contributed by atoms with Crippen LogP contribution in [0, 0.1) is 0 Å². The normalized spacial score (nSPS) is 20.9. The molecule has 0 radical (unpaired) electrons. The Hall–Kier alpha value is -1.76. The molecule has 0 heterocycles. The molecule has 0 amide bonds. The number of anilines is 1. The Bertz CT molecular complexity index is 398. The monoisotopic (exact) mass is 169 g/mol. The van der Waals surface area contributed by atoms with E-state index in [2.05, 4.69) is 12.2 Å². The van der Waals surface area contributed by atoms with E-state index in [0.717, 1.165) is 5.69 Å². The summed E-state index contributed by atoms with van der Waals surface area (Å²) in [5, 5.41) is 0. The Morgan fingerprint density at radius 1 is 0.769 bits per heavy atom. The number of hydrogen-bond donors (Lipinski definition) is 1. The summed E-state index contributed by atoms with van der Waals surface area (Å²) in [6.45, 7) is 0. The predicted molar refractivity (Wildman–Crippen MR) is 58.1 cm³/mol. The van der Waals surface area contributed by atoms with Gasteiger partial charge in [-0.15, -0.1) is 0 Å². The SMILES string of the molecule is Nc1ccc2c(c1)\C=C/C=C\C=C/2. The van der Waals surface area contributed by atoms with E-state index in [-0.39, 0.29) is 0 Å². The van der Waals surface area contributed by atoms with Crippen LogP contribution in [0.4, 0.5) is 5.69 Å². The van der Waals surface area contributed by atoms with Crippen LogP contribution in [-0.2, 0) is 0 Å². The van der Waals surface area contributed by atoms with Gasteiger partial charge in [0.1, 0.15) is 0 Å². The van der Waals surface area contributed by atoms with Crippen molar-refractivity contribution in [1.82, 2.24) is 0 Å². The highest BCUT2D eigenvalue weighted by atomic mass is 14.5. The number of nitrogens with two attached hydrogens (primary N) is 1. The Morgan fingerprint density at radius 2 is 1.46 bits per heavy atom. The van der Waals surface area contributed by atoms with Gasteiger partial charge in [0.2, 0.25) is 0 Å². The third-order valence-corrected chi connectivity index (χ3v) is 2.00. The van der Waals surface area contributed by atoms with Gasteiger partial charge >= 0.3 is 0 Å². The van der Waals surface area contributed by atoms with E-state index in [0.29, 0.717) is 0 Å². The first-order valence-corrected chi connectivity index (χ1v) is 4.27. The van der Waals surface area contributed by atoms with Crippen LogP contribution in [0.25, 0.3) is 12.2 Å². The van der Waals surface area contributed by atoms with Gasteiger partial charge in [0.25, 0.3) is 0 Å². The van der Waals surface area contributed by atoms with Crippen molar-refractivity contribution in [3.63, 3.8) is 0 Å². The van der Waals surface area contributed by atoms with Crippen LogP contribution in [0.15, 0.2) is 42.5 Å². The molecule has 0 unspecified atom stereocenters. The van der Waals surface area contributed by atoms with Crippen LogP contribution in [0.2, 0.25) is 0 Å². The zero-order valence-corrected chi connectivity index (χ0v) is 7.27. The van der Waals surface area contributed by atoms with E-state index < -0.39 is 0 Å². The van der Waals surface area contributed by atoms with E-state index >= 15 is 0 Å². The molecule has 1 heteroatoms. The van der Waals surface area contributed by atoms with Crippen molar-refractivity contribution in [3.05, 3.63) is 53.6 Å². The fourth-order valence-corrected chi connectivity index (χ4v) is 1.34. The van der Waals surface area contributed by atoms with Gasteiger partial charge in [-0.25, -0.2) is 0 Å². The maximum absolute atomic E-state index is 5.70. The molecule has 13 heavy (non-hydrogen) atoms. The standard InChI is InChI=1S/C12H11N/c13-12-8-7-10-5-3-1-2-4-6-11(10)9-12/h1-9H,13H2/b2-1-,3-1?,4-2?,5-3-,6-4-,10-5?,11-6?. The first kappa shape index (κ1) is 7.87. The summed E-state index contributed by atoms with van der Waals surface area (Å²) in [6, 6.07) is 5.93. The smallest absolute Gasteiger partial charge is 0.0320 e. The number of fused-ring (bicyclic) bond motifs is 1. The summed E-state index contributed by atoms with van der Waals surface area (Å²) in [6.07, 6.45) is 12.2. The van der Waals surface area contributed by atoms with E-state index in [4.69, 9.17) is 5.73 Å². The second-order valence-corrected chi connectivity index (χ2v) is 2.99. The molecule has 2 N–H and O–H groups in total. The molecular weight excluding hydrogens is 158 g/mol. The fourth-order valence-electron chi connectivity index (χ4n) is 1.34. The van der Waals surface area contributed by atoms with Gasteiger partial charge in [-0.3, -0.25) is 0 Å². The topological polar surface area (TPSA) is 26.0 Å². The molecule has 1 aliphatic rings. The highest BCUT2D eigenvalue weighted by Gasteiger charge is 1.96. The summed E-state index contributed by atoms with van der Waals surface area (Å²) in [5.41, 5.74) is 8.87. The van der Waals surface area contributed by atoms with Crippen molar-refractivity contribution in [1.29, 1.82) is 0 Å². The van der Waals surface area contributed by atoms with Crippen molar-refractivity contribution >= 4 is 17.8 Å². The fraction of sp³-hybridized carbons (Fsp3) is 0. The van der Waals surface area contributed by atoms with Gasteiger partial charge in [-0.1, -0.05) is 42.5 Å².